The summed E-state index contributed by atoms with van der Waals surface area (Å²) in [5, 5.41) is 2.93. The molecule has 1 amide bonds. The Labute approximate surface area is 164 Å². The summed E-state index contributed by atoms with van der Waals surface area (Å²) in [4.78, 5) is 14.3. The Morgan fingerprint density at radius 3 is 2.30 bits per heavy atom. The third-order valence-corrected chi connectivity index (χ3v) is 7.72. The Balaban J connectivity index is 2.18. The number of benzene rings is 1. The molecule has 2 N–H and O–H groups in total. The maximum Gasteiger partial charge on any atom is 0.282 e. The van der Waals surface area contributed by atoms with Gasteiger partial charge in [-0.15, -0.1) is 0 Å². The number of hydrogen-bond donors (Lipinski definition) is 2. The van der Waals surface area contributed by atoms with E-state index >= 15 is 0 Å². The Morgan fingerprint density at radius 1 is 1.15 bits per heavy atom. The molecule has 2 rings (SSSR count). The number of carbonyl (C=O) groups excluding carboxylic acids is 1. The quantitative estimate of drug-likeness (QED) is 0.738. The van der Waals surface area contributed by atoms with Crippen molar-refractivity contribution >= 4 is 21.6 Å². The summed E-state index contributed by atoms with van der Waals surface area (Å²) in [5.74, 6) is -0.0538. The Kier molecular flexibility index (Phi) is 7.82. The normalized spacial score (nSPS) is 17.5. The van der Waals surface area contributed by atoms with Crippen LogP contribution in [-0.4, -0.2) is 50.9 Å². The molecule has 152 valence electrons. The van der Waals surface area contributed by atoms with Crippen LogP contribution in [-0.2, 0) is 14.8 Å². The molecule has 1 fully saturated rings. The first-order valence-corrected chi connectivity index (χ1v) is 11.5. The van der Waals surface area contributed by atoms with Crippen LogP contribution < -0.4 is 10.2 Å². The Morgan fingerprint density at radius 2 is 1.74 bits per heavy atom. The molecule has 0 saturated carbocycles. The predicted molar refractivity (Wildman–Crippen MR) is 109 cm³/mol. The number of nitrogens with zero attached hydrogens (tertiary/aromatic N) is 1. The SMILES string of the molecule is CCN(CC)S(=O)(=O)c1cc(NC(=O)[C@H](C)[NH+]2CCCCCC2)ccc1C. The van der Waals surface area contributed by atoms with E-state index in [-0.39, 0.29) is 16.8 Å². The van der Waals surface area contributed by atoms with Gasteiger partial charge in [0.1, 0.15) is 0 Å². The van der Waals surface area contributed by atoms with Crippen molar-refractivity contribution in [2.75, 3.05) is 31.5 Å². The maximum atomic E-state index is 12.9. The molecule has 1 aliphatic rings. The third kappa shape index (κ3) is 5.30. The van der Waals surface area contributed by atoms with Gasteiger partial charge in [-0.2, -0.15) is 4.31 Å². The molecule has 7 heteroatoms. The molecular weight excluding hydrogens is 362 g/mol. The second kappa shape index (κ2) is 9.66. The average molecular weight is 397 g/mol. The van der Waals surface area contributed by atoms with Crippen molar-refractivity contribution in [1.82, 2.24) is 4.31 Å². The molecule has 27 heavy (non-hydrogen) atoms. The molecule has 0 aromatic heterocycles. The van der Waals surface area contributed by atoms with Gasteiger partial charge in [-0.1, -0.05) is 19.9 Å². The minimum absolute atomic E-state index is 0.0538. The number of likely N-dealkylation sites (tertiary alicyclic amines) is 1. The van der Waals surface area contributed by atoms with Gasteiger partial charge in [0.25, 0.3) is 5.91 Å². The van der Waals surface area contributed by atoms with Gasteiger partial charge in [-0.25, -0.2) is 8.42 Å². The molecule has 0 bridgehead atoms. The van der Waals surface area contributed by atoms with E-state index in [4.69, 9.17) is 0 Å². The number of sulfonamides is 1. The van der Waals surface area contributed by atoms with Crippen molar-refractivity contribution in [1.29, 1.82) is 0 Å². The molecule has 0 radical (unpaired) electrons. The molecule has 1 aromatic rings. The number of anilines is 1. The van der Waals surface area contributed by atoms with Gasteiger partial charge in [-0.3, -0.25) is 4.79 Å². The fraction of sp³-hybridized carbons (Fsp3) is 0.650. The standard InChI is InChI=1S/C20H33N3O3S/c1-5-23(6-2)27(25,26)19-15-18(12-11-16(19)3)21-20(24)17(4)22-13-9-7-8-10-14-22/h11-12,15,17H,5-10,13-14H2,1-4H3,(H,21,24)/p+1/t17-/m0/s1. The first-order chi connectivity index (χ1) is 12.8. The van der Waals surface area contributed by atoms with E-state index in [1.165, 1.54) is 22.0 Å². The molecule has 1 heterocycles. The number of aryl methyl sites for hydroxylation is 1. The predicted octanol–water partition coefficient (Wildman–Crippen LogP) is 1.81. The molecule has 0 aliphatic carbocycles. The van der Waals surface area contributed by atoms with Crippen molar-refractivity contribution in [2.45, 2.75) is 64.3 Å². The lowest BCUT2D eigenvalue weighted by Gasteiger charge is -2.24. The van der Waals surface area contributed by atoms with Gasteiger partial charge in [0.05, 0.1) is 18.0 Å². The van der Waals surface area contributed by atoms with Crippen molar-refractivity contribution < 1.29 is 18.1 Å². The lowest BCUT2D eigenvalue weighted by Crippen LogP contribution is -3.16. The van der Waals surface area contributed by atoms with E-state index in [2.05, 4.69) is 5.32 Å². The average Bonchev–Trinajstić information content (AvgIpc) is 2.92. The van der Waals surface area contributed by atoms with Crippen LogP contribution >= 0.6 is 0 Å². The topological polar surface area (TPSA) is 70.9 Å². The van der Waals surface area contributed by atoms with Gasteiger partial charge in [0.2, 0.25) is 10.0 Å². The summed E-state index contributed by atoms with van der Waals surface area (Å²) in [6.45, 7) is 10.3. The van der Waals surface area contributed by atoms with Crippen molar-refractivity contribution in [2.24, 2.45) is 0 Å². The molecule has 1 atom stereocenters. The fourth-order valence-electron chi connectivity index (χ4n) is 3.71. The van der Waals surface area contributed by atoms with Gasteiger partial charge in [0.15, 0.2) is 6.04 Å². The number of hydrogen-bond acceptors (Lipinski definition) is 3. The lowest BCUT2D eigenvalue weighted by atomic mass is 10.2. The summed E-state index contributed by atoms with van der Waals surface area (Å²) in [6.07, 6.45) is 4.79. The molecule has 1 saturated heterocycles. The van der Waals surface area contributed by atoms with Gasteiger partial charge in [-0.05, 0) is 57.2 Å². The van der Waals surface area contributed by atoms with E-state index < -0.39 is 10.0 Å². The highest BCUT2D eigenvalue weighted by Gasteiger charge is 2.27. The van der Waals surface area contributed by atoms with Crippen LogP contribution in [0.4, 0.5) is 5.69 Å². The van der Waals surface area contributed by atoms with E-state index in [1.54, 1.807) is 25.1 Å². The van der Waals surface area contributed by atoms with Crippen LogP contribution in [0.2, 0.25) is 0 Å². The monoisotopic (exact) mass is 396 g/mol. The highest BCUT2D eigenvalue weighted by molar-refractivity contribution is 7.89. The minimum atomic E-state index is -3.56. The van der Waals surface area contributed by atoms with Crippen LogP contribution in [0.15, 0.2) is 23.1 Å². The lowest BCUT2D eigenvalue weighted by molar-refractivity contribution is -0.913. The van der Waals surface area contributed by atoms with E-state index in [1.807, 2.05) is 20.8 Å². The van der Waals surface area contributed by atoms with Crippen molar-refractivity contribution in [3.8, 4) is 0 Å². The number of carbonyl (C=O) groups is 1. The largest absolute Gasteiger partial charge is 0.325 e. The summed E-state index contributed by atoms with van der Waals surface area (Å²) in [5.41, 5.74) is 1.23. The third-order valence-electron chi connectivity index (χ3n) is 5.53. The number of amides is 1. The molecule has 1 aliphatic heterocycles. The molecule has 0 spiro atoms. The summed E-state index contributed by atoms with van der Waals surface area (Å²) < 4.78 is 27.2. The molecule has 1 aromatic carbocycles. The molecule has 0 unspecified atom stereocenters. The zero-order valence-corrected chi connectivity index (χ0v) is 17.9. The second-order valence-corrected chi connectivity index (χ2v) is 9.26. The molecular formula is C20H34N3O3S+. The summed E-state index contributed by atoms with van der Waals surface area (Å²) in [6, 6.07) is 4.98. The van der Waals surface area contributed by atoms with E-state index in [0.717, 1.165) is 25.9 Å². The second-order valence-electron chi connectivity index (χ2n) is 7.35. The minimum Gasteiger partial charge on any atom is -0.325 e. The van der Waals surface area contributed by atoms with Crippen LogP contribution in [0.1, 0.15) is 52.0 Å². The Hall–Kier alpha value is -1.44. The highest BCUT2D eigenvalue weighted by atomic mass is 32.2. The van der Waals surface area contributed by atoms with Crippen LogP contribution in [0.25, 0.3) is 0 Å². The number of nitrogens with one attached hydrogen (secondary N) is 2. The van der Waals surface area contributed by atoms with Crippen LogP contribution in [0.5, 0.6) is 0 Å². The van der Waals surface area contributed by atoms with Crippen molar-refractivity contribution in [3.05, 3.63) is 23.8 Å². The van der Waals surface area contributed by atoms with Crippen LogP contribution in [0.3, 0.4) is 0 Å². The van der Waals surface area contributed by atoms with E-state index in [0.29, 0.717) is 24.3 Å². The summed E-state index contributed by atoms with van der Waals surface area (Å²) in [7, 11) is -3.56. The zero-order valence-electron chi connectivity index (χ0n) is 17.0. The first-order valence-electron chi connectivity index (χ1n) is 10.1. The van der Waals surface area contributed by atoms with Crippen molar-refractivity contribution in [3.63, 3.8) is 0 Å². The van der Waals surface area contributed by atoms with Gasteiger partial charge in [0, 0.05) is 18.8 Å². The highest BCUT2D eigenvalue weighted by Crippen LogP contribution is 2.23. The first kappa shape index (κ1) is 21.9. The zero-order chi connectivity index (χ0) is 20.0. The summed E-state index contributed by atoms with van der Waals surface area (Å²) >= 11 is 0. The maximum absolute atomic E-state index is 12.9. The van der Waals surface area contributed by atoms with E-state index in [9.17, 15) is 13.2 Å². The number of rotatable bonds is 7. The Bertz CT molecular complexity index is 737. The molecule has 6 nitrogen and oxygen atoms in total. The van der Waals surface area contributed by atoms with Crippen LogP contribution in [0, 0.1) is 6.92 Å². The van der Waals surface area contributed by atoms with Gasteiger partial charge < -0.3 is 10.2 Å². The van der Waals surface area contributed by atoms with Gasteiger partial charge >= 0.3 is 0 Å². The fourth-order valence-corrected chi connectivity index (χ4v) is 5.42. The number of quaternary nitrogens is 1. The smallest absolute Gasteiger partial charge is 0.282 e.